The molecule has 0 spiro atoms. The summed E-state index contributed by atoms with van der Waals surface area (Å²) < 4.78 is 25.2. The summed E-state index contributed by atoms with van der Waals surface area (Å²) in [5.74, 6) is 0.329. The first kappa shape index (κ1) is 12.1. The van der Waals surface area contributed by atoms with Gasteiger partial charge in [0.15, 0.2) is 17.3 Å². The molecule has 1 fully saturated rings. The normalized spacial score (nSPS) is 21.1. The summed E-state index contributed by atoms with van der Waals surface area (Å²) in [5, 5.41) is -0.0149. The van der Waals surface area contributed by atoms with Gasteiger partial charge >= 0.3 is 0 Å². The Morgan fingerprint density at radius 2 is 1.89 bits per heavy atom. The molecule has 0 amide bonds. The van der Waals surface area contributed by atoms with E-state index < -0.39 is 11.4 Å². The van der Waals surface area contributed by atoms with Gasteiger partial charge in [-0.25, -0.2) is 4.39 Å². The number of halogens is 2. The molecule has 1 aliphatic carbocycles. The summed E-state index contributed by atoms with van der Waals surface area (Å²) in [5.41, 5.74) is 6.12. The maximum absolute atomic E-state index is 14.3. The van der Waals surface area contributed by atoms with Gasteiger partial charge in [-0.3, -0.25) is 0 Å². The minimum absolute atomic E-state index is 0.0149. The van der Waals surface area contributed by atoms with Gasteiger partial charge in [0.25, 0.3) is 0 Å². The minimum atomic E-state index is -0.621. The SMILES string of the molecule is NC1(c2cc3c(c(Cl)c2F)OCCO3)CCCC1. The van der Waals surface area contributed by atoms with Gasteiger partial charge in [-0.05, 0) is 18.9 Å². The molecule has 1 aromatic rings. The minimum Gasteiger partial charge on any atom is -0.486 e. The molecule has 3 rings (SSSR count). The molecule has 5 heteroatoms. The Hall–Kier alpha value is -1.00. The third-order valence-corrected chi connectivity index (χ3v) is 4.08. The van der Waals surface area contributed by atoms with Crippen LogP contribution in [0.15, 0.2) is 6.07 Å². The van der Waals surface area contributed by atoms with E-state index in [1.165, 1.54) is 0 Å². The van der Waals surface area contributed by atoms with Crippen molar-refractivity contribution in [1.29, 1.82) is 0 Å². The van der Waals surface area contributed by atoms with Crippen molar-refractivity contribution in [3.05, 3.63) is 22.5 Å². The highest BCUT2D eigenvalue weighted by Gasteiger charge is 2.36. The summed E-state index contributed by atoms with van der Waals surface area (Å²) in [6.45, 7) is 0.839. The molecule has 0 aromatic heterocycles. The molecule has 1 saturated carbocycles. The summed E-state index contributed by atoms with van der Waals surface area (Å²) in [6, 6.07) is 1.65. The van der Waals surface area contributed by atoms with Crippen molar-refractivity contribution in [1.82, 2.24) is 0 Å². The molecule has 18 heavy (non-hydrogen) atoms. The highest BCUT2D eigenvalue weighted by Crippen LogP contribution is 2.46. The second-order valence-electron chi connectivity index (χ2n) is 4.94. The second-order valence-corrected chi connectivity index (χ2v) is 5.32. The Balaban J connectivity index is 2.13. The van der Waals surface area contributed by atoms with Gasteiger partial charge < -0.3 is 15.2 Å². The number of hydrogen-bond acceptors (Lipinski definition) is 3. The van der Waals surface area contributed by atoms with Gasteiger partial charge in [0.2, 0.25) is 0 Å². The fourth-order valence-electron chi connectivity index (χ4n) is 2.76. The zero-order valence-electron chi connectivity index (χ0n) is 9.97. The molecule has 0 unspecified atom stereocenters. The van der Waals surface area contributed by atoms with E-state index in [0.29, 0.717) is 30.3 Å². The lowest BCUT2D eigenvalue weighted by Crippen LogP contribution is -2.34. The van der Waals surface area contributed by atoms with Gasteiger partial charge in [0.05, 0.1) is 0 Å². The Morgan fingerprint density at radius 3 is 2.61 bits per heavy atom. The first-order valence-corrected chi connectivity index (χ1v) is 6.56. The Morgan fingerprint density at radius 1 is 1.22 bits per heavy atom. The Labute approximate surface area is 110 Å². The molecule has 3 nitrogen and oxygen atoms in total. The highest BCUT2D eigenvalue weighted by atomic mass is 35.5. The number of nitrogens with two attached hydrogens (primary N) is 1. The van der Waals surface area contributed by atoms with Crippen molar-refractivity contribution in [2.75, 3.05) is 13.2 Å². The van der Waals surface area contributed by atoms with Crippen molar-refractivity contribution < 1.29 is 13.9 Å². The molecule has 2 N–H and O–H groups in total. The van der Waals surface area contributed by atoms with Crippen molar-refractivity contribution >= 4 is 11.6 Å². The highest BCUT2D eigenvalue weighted by molar-refractivity contribution is 6.32. The first-order valence-electron chi connectivity index (χ1n) is 6.19. The summed E-state index contributed by atoms with van der Waals surface area (Å²) in [6.07, 6.45) is 3.59. The topological polar surface area (TPSA) is 44.5 Å². The maximum Gasteiger partial charge on any atom is 0.182 e. The van der Waals surface area contributed by atoms with Gasteiger partial charge in [0, 0.05) is 11.1 Å². The lowest BCUT2D eigenvalue weighted by atomic mass is 9.88. The van der Waals surface area contributed by atoms with Gasteiger partial charge in [-0.15, -0.1) is 0 Å². The van der Waals surface area contributed by atoms with Crippen LogP contribution in [0.1, 0.15) is 31.2 Å². The van der Waals surface area contributed by atoms with Crippen LogP contribution in [0.5, 0.6) is 11.5 Å². The monoisotopic (exact) mass is 271 g/mol. The first-order chi connectivity index (χ1) is 8.62. The predicted octanol–water partition coefficient (Wildman–Crippen LogP) is 2.98. The van der Waals surface area contributed by atoms with Crippen LogP contribution in [0, 0.1) is 5.82 Å². The number of rotatable bonds is 1. The third kappa shape index (κ3) is 1.75. The molecule has 0 bridgehead atoms. The quantitative estimate of drug-likeness (QED) is 0.854. The average Bonchev–Trinajstić information content (AvgIpc) is 2.82. The summed E-state index contributed by atoms with van der Waals surface area (Å²) >= 11 is 6.02. The van der Waals surface area contributed by atoms with Crippen LogP contribution < -0.4 is 15.2 Å². The molecule has 1 aliphatic heterocycles. The zero-order valence-corrected chi connectivity index (χ0v) is 10.7. The summed E-state index contributed by atoms with van der Waals surface area (Å²) in [4.78, 5) is 0. The van der Waals surface area contributed by atoms with E-state index >= 15 is 0 Å². The van der Waals surface area contributed by atoms with E-state index in [9.17, 15) is 4.39 Å². The fourth-order valence-corrected chi connectivity index (χ4v) is 3.01. The van der Waals surface area contributed by atoms with Gasteiger partial charge in [-0.1, -0.05) is 24.4 Å². The van der Waals surface area contributed by atoms with Crippen LogP contribution in [0.2, 0.25) is 5.02 Å². The maximum atomic E-state index is 14.3. The van der Waals surface area contributed by atoms with E-state index in [2.05, 4.69) is 0 Å². The van der Waals surface area contributed by atoms with E-state index in [1.54, 1.807) is 6.07 Å². The van der Waals surface area contributed by atoms with Crippen molar-refractivity contribution in [3.8, 4) is 11.5 Å². The lowest BCUT2D eigenvalue weighted by molar-refractivity contribution is 0.170. The number of benzene rings is 1. The second kappa shape index (κ2) is 4.28. The average molecular weight is 272 g/mol. The van der Waals surface area contributed by atoms with Crippen LogP contribution in [0.25, 0.3) is 0 Å². The molecule has 0 atom stereocenters. The van der Waals surface area contributed by atoms with Crippen molar-refractivity contribution in [2.24, 2.45) is 5.73 Å². The molecular formula is C13H15ClFNO2. The molecule has 2 aliphatic rings. The standard InChI is InChI=1S/C13H15ClFNO2/c14-10-11(15)8(13(16)3-1-2-4-13)7-9-12(10)18-6-5-17-9/h7H,1-6,16H2. The van der Waals surface area contributed by atoms with Crippen molar-refractivity contribution in [2.45, 2.75) is 31.2 Å². The number of ether oxygens (including phenoxy) is 2. The molecular weight excluding hydrogens is 257 g/mol. The van der Waals surface area contributed by atoms with Crippen LogP contribution in [-0.2, 0) is 5.54 Å². The molecule has 1 heterocycles. The van der Waals surface area contributed by atoms with Crippen molar-refractivity contribution in [3.63, 3.8) is 0 Å². The van der Waals surface area contributed by atoms with E-state index in [0.717, 1.165) is 25.7 Å². The Bertz CT molecular complexity index is 486. The predicted molar refractivity (Wildman–Crippen MR) is 66.7 cm³/mol. The smallest absolute Gasteiger partial charge is 0.182 e. The number of hydrogen-bond donors (Lipinski definition) is 1. The van der Waals surface area contributed by atoms with E-state index in [-0.39, 0.29) is 5.02 Å². The largest absolute Gasteiger partial charge is 0.486 e. The van der Waals surface area contributed by atoms with Gasteiger partial charge in [0.1, 0.15) is 18.2 Å². The summed E-state index contributed by atoms with van der Waals surface area (Å²) in [7, 11) is 0. The molecule has 0 saturated heterocycles. The van der Waals surface area contributed by atoms with Crippen LogP contribution in [0.4, 0.5) is 4.39 Å². The van der Waals surface area contributed by atoms with Gasteiger partial charge in [-0.2, -0.15) is 0 Å². The molecule has 0 radical (unpaired) electrons. The fraction of sp³-hybridized carbons (Fsp3) is 0.538. The van der Waals surface area contributed by atoms with Crippen LogP contribution in [-0.4, -0.2) is 13.2 Å². The van der Waals surface area contributed by atoms with E-state index in [4.69, 9.17) is 26.8 Å². The third-order valence-electron chi connectivity index (χ3n) is 3.75. The number of fused-ring (bicyclic) bond motifs is 1. The lowest BCUT2D eigenvalue weighted by Gasteiger charge is -2.28. The molecule has 1 aromatic carbocycles. The molecule has 98 valence electrons. The Kier molecular flexibility index (Phi) is 2.87. The van der Waals surface area contributed by atoms with Crippen LogP contribution >= 0.6 is 11.6 Å². The van der Waals surface area contributed by atoms with Crippen LogP contribution in [0.3, 0.4) is 0 Å². The van der Waals surface area contributed by atoms with E-state index in [1.807, 2.05) is 0 Å². The zero-order chi connectivity index (χ0) is 12.8.